The SMILES string of the molecule is Cc1ccccc1OCc1nnc(-c2sc3ccccc3c2Cl)o1. The molecular weight excluding hydrogens is 344 g/mol. The molecule has 2 aromatic heterocycles. The summed E-state index contributed by atoms with van der Waals surface area (Å²) >= 11 is 7.98. The van der Waals surface area contributed by atoms with Gasteiger partial charge in [0.15, 0.2) is 6.61 Å². The summed E-state index contributed by atoms with van der Waals surface area (Å²) in [6.45, 7) is 2.21. The van der Waals surface area contributed by atoms with E-state index in [0.717, 1.165) is 26.3 Å². The molecule has 0 aliphatic carbocycles. The highest BCUT2D eigenvalue weighted by atomic mass is 35.5. The lowest BCUT2D eigenvalue weighted by Gasteiger charge is -2.05. The Bertz CT molecular complexity index is 1010. The fourth-order valence-electron chi connectivity index (χ4n) is 2.41. The minimum absolute atomic E-state index is 0.223. The zero-order valence-electron chi connectivity index (χ0n) is 12.8. The van der Waals surface area contributed by atoms with E-state index in [1.807, 2.05) is 55.5 Å². The number of aryl methyl sites for hydroxylation is 1. The highest BCUT2D eigenvalue weighted by Gasteiger charge is 2.17. The molecule has 0 saturated heterocycles. The number of benzene rings is 2. The monoisotopic (exact) mass is 356 g/mol. The van der Waals surface area contributed by atoms with Crippen molar-refractivity contribution in [1.29, 1.82) is 0 Å². The van der Waals surface area contributed by atoms with Crippen molar-refractivity contribution in [3.63, 3.8) is 0 Å². The van der Waals surface area contributed by atoms with Crippen LogP contribution in [0.1, 0.15) is 11.5 Å². The van der Waals surface area contributed by atoms with Crippen molar-refractivity contribution in [2.24, 2.45) is 0 Å². The van der Waals surface area contributed by atoms with Crippen molar-refractivity contribution in [2.75, 3.05) is 0 Å². The summed E-state index contributed by atoms with van der Waals surface area (Å²) in [4.78, 5) is 0.785. The summed E-state index contributed by atoms with van der Waals surface area (Å²) < 4.78 is 12.5. The Morgan fingerprint density at radius 2 is 1.88 bits per heavy atom. The molecule has 0 aliphatic rings. The van der Waals surface area contributed by atoms with Crippen molar-refractivity contribution in [2.45, 2.75) is 13.5 Å². The molecule has 4 aromatic rings. The van der Waals surface area contributed by atoms with Crippen LogP contribution in [-0.4, -0.2) is 10.2 Å². The maximum atomic E-state index is 6.45. The predicted octanol–water partition coefficient (Wildman–Crippen LogP) is 5.49. The molecule has 0 unspecified atom stereocenters. The van der Waals surface area contributed by atoms with Crippen LogP contribution in [0.15, 0.2) is 52.9 Å². The van der Waals surface area contributed by atoms with E-state index in [-0.39, 0.29) is 6.61 Å². The first-order valence-electron chi connectivity index (χ1n) is 7.40. The highest BCUT2D eigenvalue weighted by Crippen LogP contribution is 2.41. The molecule has 0 amide bonds. The van der Waals surface area contributed by atoms with E-state index in [0.29, 0.717) is 16.8 Å². The number of ether oxygens (including phenoxy) is 1. The van der Waals surface area contributed by atoms with Crippen LogP contribution < -0.4 is 4.74 Å². The second kappa shape index (κ2) is 6.26. The maximum Gasteiger partial charge on any atom is 0.259 e. The van der Waals surface area contributed by atoms with E-state index < -0.39 is 0 Å². The first-order chi connectivity index (χ1) is 11.7. The number of halogens is 1. The van der Waals surface area contributed by atoms with E-state index in [4.69, 9.17) is 20.8 Å². The quantitative estimate of drug-likeness (QED) is 0.485. The molecule has 0 fully saturated rings. The van der Waals surface area contributed by atoms with Gasteiger partial charge in [-0.25, -0.2) is 0 Å². The lowest BCUT2D eigenvalue weighted by Crippen LogP contribution is -1.97. The second-order valence-corrected chi connectivity index (χ2v) is 6.73. The van der Waals surface area contributed by atoms with Gasteiger partial charge in [0.2, 0.25) is 0 Å². The minimum atomic E-state index is 0.223. The van der Waals surface area contributed by atoms with E-state index >= 15 is 0 Å². The summed E-state index contributed by atoms with van der Waals surface area (Å²) in [5.41, 5.74) is 1.06. The lowest BCUT2D eigenvalue weighted by molar-refractivity contribution is 0.263. The summed E-state index contributed by atoms with van der Waals surface area (Å²) in [6, 6.07) is 15.7. The van der Waals surface area contributed by atoms with Gasteiger partial charge in [-0.3, -0.25) is 0 Å². The highest BCUT2D eigenvalue weighted by molar-refractivity contribution is 7.23. The molecule has 24 heavy (non-hydrogen) atoms. The third-order valence-corrected chi connectivity index (χ3v) is 5.30. The van der Waals surface area contributed by atoms with Crippen molar-refractivity contribution in [1.82, 2.24) is 10.2 Å². The van der Waals surface area contributed by atoms with Crippen molar-refractivity contribution >= 4 is 33.0 Å². The lowest BCUT2D eigenvalue weighted by atomic mass is 10.2. The molecule has 2 heterocycles. The molecule has 0 saturated carbocycles. The number of para-hydroxylation sites is 1. The van der Waals surface area contributed by atoms with Crippen LogP contribution in [0, 0.1) is 6.92 Å². The Morgan fingerprint density at radius 1 is 1.08 bits per heavy atom. The number of hydrogen-bond acceptors (Lipinski definition) is 5. The average Bonchev–Trinajstić information content (AvgIpc) is 3.19. The Morgan fingerprint density at radius 3 is 2.71 bits per heavy atom. The first-order valence-corrected chi connectivity index (χ1v) is 8.60. The molecule has 0 radical (unpaired) electrons. The van der Waals surface area contributed by atoms with Gasteiger partial charge in [-0.15, -0.1) is 21.5 Å². The summed E-state index contributed by atoms with van der Waals surface area (Å²) in [5, 5.41) is 9.80. The van der Waals surface area contributed by atoms with Crippen LogP contribution in [0.3, 0.4) is 0 Å². The topological polar surface area (TPSA) is 48.2 Å². The smallest absolute Gasteiger partial charge is 0.259 e. The fraction of sp³-hybridized carbons (Fsp3) is 0.111. The molecule has 0 atom stereocenters. The van der Waals surface area contributed by atoms with Gasteiger partial charge in [-0.2, -0.15) is 0 Å². The molecule has 0 bridgehead atoms. The summed E-state index contributed by atoms with van der Waals surface area (Å²) in [5.74, 6) is 1.64. The molecule has 120 valence electrons. The van der Waals surface area contributed by atoms with Gasteiger partial charge in [0.25, 0.3) is 11.8 Å². The van der Waals surface area contributed by atoms with E-state index in [1.54, 1.807) is 0 Å². The maximum absolute atomic E-state index is 6.45. The van der Waals surface area contributed by atoms with Gasteiger partial charge < -0.3 is 9.15 Å². The largest absolute Gasteiger partial charge is 0.484 e. The molecular formula is C18H13ClN2O2S. The number of thiophene rings is 1. The van der Waals surface area contributed by atoms with Crippen LogP contribution in [0.2, 0.25) is 5.02 Å². The Hall–Kier alpha value is -2.37. The Kier molecular flexibility index (Phi) is 3.96. The number of nitrogens with zero attached hydrogens (tertiary/aromatic N) is 2. The van der Waals surface area contributed by atoms with Crippen LogP contribution in [0.4, 0.5) is 0 Å². The Balaban J connectivity index is 1.58. The van der Waals surface area contributed by atoms with Gasteiger partial charge in [0.05, 0.1) is 5.02 Å². The van der Waals surface area contributed by atoms with Crippen molar-refractivity contribution < 1.29 is 9.15 Å². The number of fused-ring (bicyclic) bond motifs is 1. The Labute approximate surface area is 147 Å². The summed E-state index contributed by atoms with van der Waals surface area (Å²) in [6.07, 6.45) is 0. The normalized spacial score (nSPS) is 11.1. The summed E-state index contributed by atoms with van der Waals surface area (Å²) in [7, 11) is 0. The van der Waals surface area contributed by atoms with Gasteiger partial charge in [0, 0.05) is 10.1 Å². The zero-order valence-corrected chi connectivity index (χ0v) is 14.4. The molecule has 4 rings (SSSR count). The third-order valence-electron chi connectivity index (χ3n) is 3.64. The number of hydrogen-bond donors (Lipinski definition) is 0. The van der Waals surface area contributed by atoms with Crippen molar-refractivity contribution in [3.05, 3.63) is 65.0 Å². The van der Waals surface area contributed by atoms with Crippen LogP contribution in [0.5, 0.6) is 5.75 Å². The molecule has 6 heteroatoms. The second-order valence-electron chi connectivity index (χ2n) is 5.30. The molecule has 2 aromatic carbocycles. The van der Waals surface area contributed by atoms with Gasteiger partial charge >= 0.3 is 0 Å². The minimum Gasteiger partial charge on any atom is -0.484 e. The predicted molar refractivity (Wildman–Crippen MR) is 95.6 cm³/mol. The third kappa shape index (κ3) is 2.77. The van der Waals surface area contributed by atoms with Crippen LogP contribution in [0.25, 0.3) is 20.9 Å². The molecule has 0 spiro atoms. The molecule has 4 nitrogen and oxygen atoms in total. The average molecular weight is 357 g/mol. The number of rotatable bonds is 4. The molecule has 0 aliphatic heterocycles. The van der Waals surface area contributed by atoms with Gasteiger partial charge in [-0.1, -0.05) is 48.0 Å². The van der Waals surface area contributed by atoms with Gasteiger partial charge in [-0.05, 0) is 24.6 Å². The van der Waals surface area contributed by atoms with Crippen LogP contribution >= 0.6 is 22.9 Å². The molecule has 0 N–H and O–H groups in total. The first kappa shape index (κ1) is 15.2. The van der Waals surface area contributed by atoms with Crippen LogP contribution in [-0.2, 0) is 6.61 Å². The van der Waals surface area contributed by atoms with Gasteiger partial charge in [0.1, 0.15) is 10.6 Å². The fourth-order valence-corrected chi connectivity index (χ4v) is 3.85. The standard InChI is InChI=1S/C18H13ClN2O2S/c1-11-6-2-4-8-13(11)22-10-15-20-21-18(23-15)17-16(19)12-7-3-5-9-14(12)24-17/h2-9H,10H2,1H3. The van der Waals surface area contributed by atoms with Crippen molar-refractivity contribution in [3.8, 4) is 16.5 Å². The zero-order chi connectivity index (χ0) is 16.5. The number of aromatic nitrogens is 2. The van der Waals surface area contributed by atoms with E-state index in [9.17, 15) is 0 Å². The van der Waals surface area contributed by atoms with E-state index in [2.05, 4.69) is 10.2 Å². The van der Waals surface area contributed by atoms with E-state index in [1.165, 1.54) is 11.3 Å².